The average Bonchev–Trinajstić information content (AvgIpc) is 2.52. The first-order valence-electron chi connectivity index (χ1n) is 7.06. The Balaban J connectivity index is 2.90. The summed E-state index contributed by atoms with van der Waals surface area (Å²) in [6.07, 6.45) is -1.07. The molecule has 6 nitrogen and oxygen atoms in total. The normalized spacial score (nSPS) is 13.4. The SMILES string of the molecule is CC#CCOc1ccc(S(=O)(=O)C[C@@H](C(=O)NC)[C@H](C)O)cc1. The van der Waals surface area contributed by atoms with Crippen LogP contribution in [-0.2, 0) is 14.6 Å². The third-order valence-electron chi connectivity index (χ3n) is 3.24. The smallest absolute Gasteiger partial charge is 0.226 e. The Labute approximate surface area is 136 Å². The van der Waals surface area contributed by atoms with Gasteiger partial charge in [0.05, 0.1) is 22.7 Å². The third kappa shape index (κ3) is 5.58. The number of nitrogens with one attached hydrogen (secondary N) is 1. The molecule has 0 unspecified atom stereocenters. The summed E-state index contributed by atoms with van der Waals surface area (Å²) in [4.78, 5) is 11.8. The van der Waals surface area contributed by atoms with Crippen LogP contribution < -0.4 is 10.1 Å². The molecule has 1 rings (SSSR count). The van der Waals surface area contributed by atoms with Crippen LogP contribution in [0.3, 0.4) is 0 Å². The van der Waals surface area contributed by atoms with Gasteiger partial charge < -0.3 is 15.2 Å². The molecule has 0 heterocycles. The van der Waals surface area contributed by atoms with Crippen LogP contribution in [0.25, 0.3) is 0 Å². The molecule has 2 N–H and O–H groups in total. The van der Waals surface area contributed by atoms with E-state index in [9.17, 15) is 18.3 Å². The zero-order valence-electron chi connectivity index (χ0n) is 13.4. The molecule has 0 aliphatic heterocycles. The Morgan fingerprint density at radius 1 is 1.35 bits per heavy atom. The summed E-state index contributed by atoms with van der Waals surface area (Å²) in [7, 11) is -2.31. The van der Waals surface area contributed by atoms with Gasteiger partial charge in [-0.3, -0.25) is 4.79 Å². The number of carbonyl (C=O) groups excluding carboxylic acids is 1. The van der Waals surface area contributed by atoms with E-state index in [0.29, 0.717) is 5.75 Å². The van der Waals surface area contributed by atoms with Crippen molar-refractivity contribution in [3.8, 4) is 17.6 Å². The predicted octanol–water partition coefficient (Wildman–Crippen LogP) is 0.605. The van der Waals surface area contributed by atoms with Gasteiger partial charge in [0.25, 0.3) is 0 Å². The number of aliphatic hydroxyl groups excluding tert-OH is 1. The number of hydrogen-bond donors (Lipinski definition) is 2. The van der Waals surface area contributed by atoms with E-state index in [-0.39, 0.29) is 11.5 Å². The van der Waals surface area contributed by atoms with Crippen molar-refractivity contribution < 1.29 is 23.1 Å². The first kappa shape index (κ1) is 19.0. The minimum atomic E-state index is -3.71. The minimum absolute atomic E-state index is 0.0704. The number of carbonyl (C=O) groups is 1. The molecular formula is C16H21NO5S. The second-order valence-electron chi connectivity index (χ2n) is 4.93. The maximum Gasteiger partial charge on any atom is 0.226 e. The summed E-state index contributed by atoms with van der Waals surface area (Å²) in [6.45, 7) is 3.31. The molecule has 1 aromatic rings. The first-order valence-corrected chi connectivity index (χ1v) is 8.72. The third-order valence-corrected chi connectivity index (χ3v) is 5.02. The summed E-state index contributed by atoms with van der Waals surface area (Å²) in [5.41, 5.74) is 0. The highest BCUT2D eigenvalue weighted by atomic mass is 32.2. The summed E-state index contributed by atoms with van der Waals surface area (Å²) < 4.78 is 30.1. The van der Waals surface area contributed by atoms with Crippen molar-refractivity contribution >= 4 is 15.7 Å². The van der Waals surface area contributed by atoms with Crippen LogP contribution in [-0.4, -0.2) is 44.9 Å². The lowest BCUT2D eigenvalue weighted by molar-refractivity contribution is -0.126. The van der Waals surface area contributed by atoms with E-state index in [1.165, 1.54) is 38.2 Å². The maximum absolute atomic E-state index is 12.4. The van der Waals surface area contributed by atoms with Gasteiger partial charge in [0.1, 0.15) is 12.4 Å². The Hall–Kier alpha value is -2.04. The van der Waals surface area contributed by atoms with Gasteiger partial charge in [0.15, 0.2) is 9.84 Å². The predicted molar refractivity (Wildman–Crippen MR) is 86.7 cm³/mol. The number of aliphatic hydroxyl groups is 1. The fourth-order valence-electron chi connectivity index (χ4n) is 1.89. The van der Waals surface area contributed by atoms with E-state index in [4.69, 9.17) is 4.74 Å². The summed E-state index contributed by atoms with van der Waals surface area (Å²) >= 11 is 0. The highest BCUT2D eigenvalue weighted by Gasteiger charge is 2.29. The molecule has 1 amide bonds. The van der Waals surface area contributed by atoms with E-state index >= 15 is 0 Å². The molecule has 0 saturated heterocycles. The Morgan fingerprint density at radius 3 is 2.43 bits per heavy atom. The number of ether oxygens (including phenoxy) is 1. The molecule has 0 saturated carbocycles. The van der Waals surface area contributed by atoms with Gasteiger partial charge in [-0.1, -0.05) is 5.92 Å². The molecule has 0 fully saturated rings. The van der Waals surface area contributed by atoms with E-state index in [1.807, 2.05) is 0 Å². The molecule has 7 heteroatoms. The van der Waals surface area contributed by atoms with Crippen molar-refractivity contribution in [3.63, 3.8) is 0 Å². The van der Waals surface area contributed by atoms with Crippen LogP contribution >= 0.6 is 0 Å². The largest absolute Gasteiger partial charge is 0.481 e. The first-order chi connectivity index (χ1) is 10.8. The second-order valence-corrected chi connectivity index (χ2v) is 6.96. The Morgan fingerprint density at radius 2 is 1.96 bits per heavy atom. The van der Waals surface area contributed by atoms with E-state index < -0.39 is 33.5 Å². The van der Waals surface area contributed by atoms with E-state index in [1.54, 1.807) is 6.92 Å². The van der Waals surface area contributed by atoms with Crippen molar-refractivity contribution in [2.24, 2.45) is 5.92 Å². The number of amides is 1. The molecule has 0 aliphatic carbocycles. The highest BCUT2D eigenvalue weighted by Crippen LogP contribution is 2.20. The van der Waals surface area contributed by atoms with Gasteiger partial charge >= 0.3 is 0 Å². The highest BCUT2D eigenvalue weighted by molar-refractivity contribution is 7.91. The topological polar surface area (TPSA) is 92.7 Å². The summed E-state index contributed by atoms with van der Waals surface area (Å²) in [5, 5.41) is 12.0. The van der Waals surface area contributed by atoms with Crippen molar-refractivity contribution in [3.05, 3.63) is 24.3 Å². The molecule has 0 bridgehead atoms. The van der Waals surface area contributed by atoms with Crippen molar-refractivity contribution in [2.75, 3.05) is 19.4 Å². The number of hydrogen-bond acceptors (Lipinski definition) is 5. The molecule has 0 aliphatic rings. The molecule has 0 radical (unpaired) electrons. The molecule has 1 aromatic carbocycles. The van der Waals surface area contributed by atoms with Crippen molar-refractivity contribution in [2.45, 2.75) is 24.8 Å². The summed E-state index contributed by atoms with van der Waals surface area (Å²) in [6, 6.07) is 5.88. The van der Waals surface area contributed by atoms with Crippen LogP contribution in [0.5, 0.6) is 5.75 Å². The zero-order valence-corrected chi connectivity index (χ0v) is 14.2. The van der Waals surface area contributed by atoms with Crippen molar-refractivity contribution in [1.29, 1.82) is 0 Å². The molecule has 126 valence electrons. The lowest BCUT2D eigenvalue weighted by Crippen LogP contribution is -2.39. The Kier molecular flexibility index (Phi) is 7.07. The van der Waals surface area contributed by atoms with E-state index in [2.05, 4.69) is 17.2 Å². The van der Waals surface area contributed by atoms with Crippen LogP contribution in [0.2, 0.25) is 0 Å². The monoisotopic (exact) mass is 339 g/mol. The van der Waals surface area contributed by atoms with Crippen LogP contribution in [0.15, 0.2) is 29.2 Å². The number of sulfone groups is 1. The lowest BCUT2D eigenvalue weighted by atomic mass is 10.1. The molecular weight excluding hydrogens is 318 g/mol. The molecule has 2 atom stereocenters. The number of benzene rings is 1. The van der Waals surface area contributed by atoms with Gasteiger partial charge in [-0.2, -0.15) is 0 Å². The van der Waals surface area contributed by atoms with Gasteiger partial charge in [-0.15, -0.1) is 5.92 Å². The molecule has 23 heavy (non-hydrogen) atoms. The standard InChI is InChI=1S/C16H21NO5S/c1-4-5-10-22-13-6-8-14(9-7-13)23(20,21)11-15(12(2)18)16(19)17-3/h6-9,12,15,18H,10-11H2,1-3H3,(H,17,19)/t12-,15+/m0/s1. The van der Waals surface area contributed by atoms with Gasteiger partial charge in [-0.05, 0) is 38.1 Å². The van der Waals surface area contributed by atoms with Crippen LogP contribution in [0.1, 0.15) is 13.8 Å². The van der Waals surface area contributed by atoms with Gasteiger partial charge in [0.2, 0.25) is 5.91 Å². The fraction of sp³-hybridized carbons (Fsp3) is 0.438. The Bertz CT molecular complexity index is 683. The lowest BCUT2D eigenvalue weighted by Gasteiger charge is -2.18. The zero-order chi connectivity index (χ0) is 17.5. The molecule has 0 aromatic heterocycles. The number of rotatable bonds is 7. The minimum Gasteiger partial charge on any atom is -0.481 e. The van der Waals surface area contributed by atoms with Crippen molar-refractivity contribution in [1.82, 2.24) is 5.32 Å². The fourth-order valence-corrected chi connectivity index (χ4v) is 3.53. The maximum atomic E-state index is 12.4. The average molecular weight is 339 g/mol. The van der Waals surface area contributed by atoms with E-state index in [0.717, 1.165) is 0 Å². The van der Waals surface area contributed by atoms with Crippen LogP contribution in [0, 0.1) is 17.8 Å². The quantitative estimate of drug-likeness (QED) is 0.710. The summed E-state index contributed by atoms with van der Waals surface area (Å²) in [5.74, 6) is 3.92. The van der Waals surface area contributed by atoms with Crippen LogP contribution in [0.4, 0.5) is 0 Å². The van der Waals surface area contributed by atoms with Gasteiger partial charge in [-0.25, -0.2) is 8.42 Å². The van der Waals surface area contributed by atoms with Gasteiger partial charge in [0, 0.05) is 7.05 Å². The second kappa shape index (κ2) is 8.56. The molecule has 0 spiro atoms.